The van der Waals surface area contributed by atoms with E-state index in [1.54, 1.807) is 6.26 Å². The van der Waals surface area contributed by atoms with E-state index >= 15 is 0 Å². The van der Waals surface area contributed by atoms with E-state index in [0.717, 1.165) is 34.2 Å². The molecule has 1 unspecified atom stereocenters. The lowest BCUT2D eigenvalue weighted by Gasteiger charge is -2.18. The van der Waals surface area contributed by atoms with Gasteiger partial charge in [0.2, 0.25) is 5.91 Å². The van der Waals surface area contributed by atoms with Crippen molar-refractivity contribution >= 4 is 5.91 Å². The largest absolute Gasteiger partial charge is 0.467 e. The van der Waals surface area contributed by atoms with Crippen molar-refractivity contribution in [3.05, 3.63) is 58.6 Å². The van der Waals surface area contributed by atoms with Crippen LogP contribution in [0.2, 0.25) is 0 Å². The van der Waals surface area contributed by atoms with Gasteiger partial charge in [0.15, 0.2) is 0 Å². The Labute approximate surface area is 152 Å². The van der Waals surface area contributed by atoms with Crippen molar-refractivity contribution < 1.29 is 13.7 Å². The van der Waals surface area contributed by atoms with Crippen molar-refractivity contribution in [1.29, 1.82) is 0 Å². The Morgan fingerprint density at radius 3 is 2.69 bits per heavy atom. The summed E-state index contributed by atoms with van der Waals surface area (Å²) in [5, 5.41) is 11.5. The number of aromatic nitrogens is 3. The lowest BCUT2D eigenvalue weighted by Crippen LogP contribution is -2.32. The fourth-order valence-electron chi connectivity index (χ4n) is 3.15. The maximum Gasteiger partial charge on any atom is 0.220 e. The summed E-state index contributed by atoms with van der Waals surface area (Å²) in [4.78, 5) is 12.3. The van der Waals surface area contributed by atoms with Gasteiger partial charge in [0.25, 0.3) is 0 Å². The van der Waals surface area contributed by atoms with Crippen LogP contribution in [-0.4, -0.2) is 27.4 Å². The zero-order valence-corrected chi connectivity index (χ0v) is 15.6. The fraction of sp³-hybridized carbons (Fsp3) is 0.421. The van der Waals surface area contributed by atoms with E-state index in [9.17, 15) is 4.79 Å². The van der Waals surface area contributed by atoms with Gasteiger partial charge < -0.3 is 14.3 Å². The molecular formula is C19H24N4O3. The van der Waals surface area contributed by atoms with Crippen molar-refractivity contribution in [2.75, 3.05) is 6.54 Å². The first-order valence-corrected chi connectivity index (χ1v) is 8.70. The summed E-state index contributed by atoms with van der Waals surface area (Å²) in [7, 11) is 0. The van der Waals surface area contributed by atoms with Crippen molar-refractivity contribution in [1.82, 2.24) is 20.3 Å². The number of aryl methyl sites for hydroxylation is 4. The van der Waals surface area contributed by atoms with Crippen LogP contribution in [0, 0.1) is 27.7 Å². The number of nitrogens with one attached hydrogen (secondary N) is 1. The van der Waals surface area contributed by atoms with E-state index in [1.807, 2.05) is 50.6 Å². The summed E-state index contributed by atoms with van der Waals surface area (Å²) in [6.07, 6.45) is 2.62. The van der Waals surface area contributed by atoms with Crippen LogP contribution < -0.4 is 5.32 Å². The molecule has 0 radical (unpaired) electrons. The zero-order valence-electron chi connectivity index (χ0n) is 15.6. The molecule has 138 valence electrons. The molecular weight excluding hydrogens is 332 g/mol. The van der Waals surface area contributed by atoms with Gasteiger partial charge in [-0.3, -0.25) is 9.48 Å². The Bertz CT molecular complexity index is 857. The molecule has 0 fully saturated rings. The first-order chi connectivity index (χ1) is 12.5. The van der Waals surface area contributed by atoms with Crippen molar-refractivity contribution in [2.24, 2.45) is 0 Å². The monoisotopic (exact) mass is 356 g/mol. The third kappa shape index (κ3) is 3.87. The summed E-state index contributed by atoms with van der Waals surface area (Å²) in [6.45, 7) is 8.11. The van der Waals surface area contributed by atoms with E-state index in [0.29, 0.717) is 19.4 Å². The van der Waals surface area contributed by atoms with Crippen LogP contribution in [0.5, 0.6) is 0 Å². The van der Waals surface area contributed by atoms with Crippen molar-refractivity contribution in [3.8, 4) is 0 Å². The molecule has 0 spiro atoms. The second-order valence-corrected chi connectivity index (χ2v) is 6.51. The van der Waals surface area contributed by atoms with Gasteiger partial charge in [-0.25, -0.2) is 0 Å². The highest BCUT2D eigenvalue weighted by Crippen LogP contribution is 2.20. The number of carbonyl (C=O) groups is 1. The molecule has 3 aromatic rings. The molecule has 1 atom stereocenters. The van der Waals surface area contributed by atoms with Crippen LogP contribution in [0.1, 0.15) is 46.6 Å². The third-order valence-corrected chi connectivity index (χ3v) is 4.49. The lowest BCUT2D eigenvalue weighted by atomic mass is 10.1. The van der Waals surface area contributed by atoms with Crippen LogP contribution in [0.25, 0.3) is 0 Å². The number of nitrogens with zero attached hydrogens (tertiary/aromatic N) is 3. The maximum atomic E-state index is 12.3. The van der Waals surface area contributed by atoms with E-state index in [1.165, 1.54) is 0 Å². The number of rotatable bonds is 7. The second-order valence-electron chi connectivity index (χ2n) is 6.51. The highest BCUT2D eigenvalue weighted by atomic mass is 16.5. The highest BCUT2D eigenvalue weighted by Gasteiger charge is 2.21. The topological polar surface area (TPSA) is 86.1 Å². The number of hydrogen-bond donors (Lipinski definition) is 1. The van der Waals surface area contributed by atoms with E-state index in [-0.39, 0.29) is 11.9 Å². The number of carbonyl (C=O) groups excluding carboxylic acids is 1. The molecule has 0 saturated heterocycles. The van der Waals surface area contributed by atoms with Crippen molar-refractivity contribution in [3.63, 3.8) is 0 Å². The number of hydrogen-bond acceptors (Lipinski definition) is 5. The quantitative estimate of drug-likeness (QED) is 0.703. The Kier molecular flexibility index (Phi) is 5.25. The number of amides is 1. The molecule has 7 heteroatoms. The number of furan rings is 1. The van der Waals surface area contributed by atoms with Gasteiger partial charge in [0.1, 0.15) is 17.6 Å². The smallest absolute Gasteiger partial charge is 0.220 e. The molecule has 0 aliphatic rings. The van der Waals surface area contributed by atoms with Crippen LogP contribution in [0.4, 0.5) is 0 Å². The fourth-order valence-corrected chi connectivity index (χ4v) is 3.15. The van der Waals surface area contributed by atoms with E-state index in [4.69, 9.17) is 8.94 Å². The summed E-state index contributed by atoms with van der Waals surface area (Å²) in [5.41, 5.74) is 3.80. The van der Waals surface area contributed by atoms with E-state index in [2.05, 4.69) is 15.6 Å². The summed E-state index contributed by atoms with van der Waals surface area (Å²) < 4.78 is 12.6. The first kappa shape index (κ1) is 18.0. The molecule has 0 aromatic carbocycles. The third-order valence-electron chi connectivity index (χ3n) is 4.49. The second kappa shape index (κ2) is 7.59. The molecule has 0 aliphatic carbocycles. The maximum absolute atomic E-state index is 12.3. The molecule has 1 amide bonds. The molecule has 0 bridgehead atoms. The van der Waals surface area contributed by atoms with Gasteiger partial charge in [0.05, 0.1) is 17.7 Å². The minimum Gasteiger partial charge on any atom is -0.467 e. The van der Waals surface area contributed by atoms with Crippen LogP contribution in [0.3, 0.4) is 0 Å². The van der Waals surface area contributed by atoms with Crippen LogP contribution in [-0.2, 0) is 11.2 Å². The van der Waals surface area contributed by atoms with Crippen LogP contribution >= 0.6 is 0 Å². The van der Waals surface area contributed by atoms with Gasteiger partial charge >= 0.3 is 0 Å². The SMILES string of the molecule is Cc1cc(C)n(C(CNC(=O)CCc2c(C)noc2C)c2ccco2)n1. The van der Waals surface area contributed by atoms with E-state index < -0.39 is 0 Å². The Balaban J connectivity index is 1.65. The van der Waals surface area contributed by atoms with Gasteiger partial charge in [-0.2, -0.15) is 5.10 Å². The predicted molar refractivity (Wildman–Crippen MR) is 95.9 cm³/mol. The summed E-state index contributed by atoms with van der Waals surface area (Å²) in [6, 6.07) is 5.57. The van der Waals surface area contributed by atoms with Crippen molar-refractivity contribution in [2.45, 2.75) is 46.6 Å². The lowest BCUT2D eigenvalue weighted by molar-refractivity contribution is -0.121. The molecule has 1 N–H and O–H groups in total. The Morgan fingerprint density at radius 1 is 1.31 bits per heavy atom. The average molecular weight is 356 g/mol. The molecule has 3 aromatic heterocycles. The predicted octanol–water partition coefficient (Wildman–Crippen LogP) is 3.04. The molecule has 3 rings (SSSR count). The average Bonchev–Trinajstić information content (AvgIpc) is 3.30. The molecule has 0 saturated carbocycles. The molecule has 3 heterocycles. The standard InChI is InChI=1S/C19H24N4O3/c1-12-10-13(2)23(21-12)17(18-6-5-9-25-18)11-20-19(24)8-7-16-14(3)22-26-15(16)4/h5-6,9-10,17H,7-8,11H2,1-4H3,(H,20,24). The van der Waals surface area contributed by atoms with Gasteiger partial charge in [-0.05, 0) is 52.3 Å². The zero-order chi connectivity index (χ0) is 18.7. The van der Waals surface area contributed by atoms with Crippen LogP contribution in [0.15, 0.2) is 33.4 Å². The minimum atomic E-state index is -0.179. The highest BCUT2D eigenvalue weighted by molar-refractivity contribution is 5.76. The Hall–Kier alpha value is -2.83. The van der Waals surface area contributed by atoms with Gasteiger partial charge in [-0.1, -0.05) is 5.16 Å². The first-order valence-electron chi connectivity index (χ1n) is 8.70. The molecule has 7 nitrogen and oxygen atoms in total. The molecule has 0 aliphatic heterocycles. The van der Waals surface area contributed by atoms with Gasteiger partial charge in [-0.15, -0.1) is 0 Å². The van der Waals surface area contributed by atoms with Gasteiger partial charge in [0, 0.05) is 24.2 Å². The molecule has 26 heavy (non-hydrogen) atoms. The summed E-state index contributed by atoms with van der Waals surface area (Å²) >= 11 is 0. The minimum absolute atomic E-state index is 0.0249. The summed E-state index contributed by atoms with van der Waals surface area (Å²) in [5.74, 6) is 1.51. The normalized spacial score (nSPS) is 12.3. The Morgan fingerprint density at radius 2 is 2.12 bits per heavy atom.